The summed E-state index contributed by atoms with van der Waals surface area (Å²) in [6, 6.07) is 8.99. The van der Waals surface area contributed by atoms with Crippen molar-refractivity contribution < 1.29 is 14.3 Å². The zero-order valence-electron chi connectivity index (χ0n) is 14.4. The van der Waals surface area contributed by atoms with E-state index in [-0.39, 0.29) is 17.9 Å². The number of benzene rings is 1. The summed E-state index contributed by atoms with van der Waals surface area (Å²) >= 11 is 0. The number of nitrogens with zero attached hydrogens (tertiary/aromatic N) is 2. The molecule has 0 spiro atoms. The SMILES string of the molecule is CC1Oc2c(cccc2C(=O)N2CCNCC2c2cccnc2)NC1=O. The summed E-state index contributed by atoms with van der Waals surface area (Å²) in [5.74, 6) is 0.117. The second-order valence-electron chi connectivity index (χ2n) is 6.44. The van der Waals surface area contributed by atoms with Crippen LogP contribution in [0.5, 0.6) is 5.75 Å². The summed E-state index contributed by atoms with van der Waals surface area (Å²) in [6.07, 6.45) is 2.88. The molecule has 0 aliphatic carbocycles. The molecule has 2 aliphatic rings. The first-order valence-corrected chi connectivity index (χ1v) is 8.67. The monoisotopic (exact) mass is 352 g/mol. The highest BCUT2D eigenvalue weighted by molar-refractivity contribution is 6.04. The minimum absolute atomic E-state index is 0.101. The van der Waals surface area contributed by atoms with Gasteiger partial charge in [0.2, 0.25) is 0 Å². The van der Waals surface area contributed by atoms with E-state index in [1.807, 2.05) is 17.0 Å². The summed E-state index contributed by atoms with van der Waals surface area (Å²) < 4.78 is 5.74. The molecule has 2 N–H and O–H groups in total. The van der Waals surface area contributed by atoms with Crippen LogP contribution in [-0.2, 0) is 4.79 Å². The molecular weight excluding hydrogens is 332 g/mol. The van der Waals surface area contributed by atoms with Gasteiger partial charge in [-0.15, -0.1) is 0 Å². The molecule has 2 unspecified atom stereocenters. The molecule has 1 aromatic carbocycles. The van der Waals surface area contributed by atoms with Gasteiger partial charge >= 0.3 is 0 Å². The highest BCUT2D eigenvalue weighted by Crippen LogP contribution is 2.35. The van der Waals surface area contributed by atoms with Crippen LogP contribution in [0.3, 0.4) is 0 Å². The molecule has 7 nitrogen and oxygen atoms in total. The molecule has 7 heteroatoms. The number of carbonyl (C=O) groups is 2. The van der Waals surface area contributed by atoms with E-state index in [1.165, 1.54) is 0 Å². The van der Waals surface area contributed by atoms with E-state index in [0.717, 1.165) is 12.1 Å². The lowest BCUT2D eigenvalue weighted by Crippen LogP contribution is -2.49. The molecule has 1 fully saturated rings. The number of pyridine rings is 1. The zero-order valence-corrected chi connectivity index (χ0v) is 14.4. The van der Waals surface area contributed by atoms with E-state index in [2.05, 4.69) is 15.6 Å². The maximum absolute atomic E-state index is 13.3. The molecule has 3 heterocycles. The molecule has 1 saturated heterocycles. The largest absolute Gasteiger partial charge is 0.478 e. The van der Waals surface area contributed by atoms with Gasteiger partial charge in [-0.2, -0.15) is 0 Å². The van der Waals surface area contributed by atoms with Crippen LogP contribution in [0, 0.1) is 0 Å². The van der Waals surface area contributed by atoms with Gasteiger partial charge in [-0.05, 0) is 30.7 Å². The highest BCUT2D eigenvalue weighted by atomic mass is 16.5. The van der Waals surface area contributed by atoms with Crippen LogP contribution in [0.4, 0.5) is 5.69 Å². The molecule has 2 amide bonds. The third-order valence-corrected chi connectivity index (χ3v) is 4.74. The second-order valence-corrected chi connectivity index (χ2v) is 6.44. The van der Waals surface area contributed by atoms with Crippen molar-refractivity contribution in [2.75, 3.05) is 25.0 Å². The van der Waals surface area contributed by atoms with Crippen molar-refractivity contribution in [2.45, 2.75) is 19.1 Å². The number of nitrogens with one attached hydrogen (secondary N) is 2. The Bertz CT molecular complexity index is 840. The first kappa shape index (κ1) is 16.5. The molecule has 2 atom stereocenters. The van der Waals surface area contributed by atoms with Crippen molar-refractivity contribution in [1.29, 1.82) is 0 Å². The van der Waals surface area contributed by atoms with Crippen molar-refractivity contribution in [3.63, 3.8) is 0 Å². The van der Waals surface area contributed by atoms with Gasteiger partial charge in [0, 0.05) is 32.0 Å². The van der Waals surface area contributed by atoms with Crippen molar-refractivity contribution in [2.24, 2.45) is 0 Å². The Morgan fingerprint density at radius 3 is 3.00 bits per heavy atom. The molecular formula is C19H20N4O3. The van der Waals surface area contributed by atoms with E-state index >= 15 is 0 Å². The smallest absolute Gasteiger partial charge is 0.265 e. The molecule has 0 bridgehead atoms. The fourth-order valence-corrected chi connectivity index (χ4v) is 3.37. The molecule has 4 rings (SSSR count). The van der Waals surface area contributed by atoms with Crippen LogP contribution in [0.25, 0.3) is 0 Å². The molecule has 0 saturated carbocycles. The molecule has 2 aliphatic heterocycles. The lowest BCUT2D eigenvalue weighted by Gasteiger charge is -2.37. The van der Waals surface area contributed by atoms with Gasteiger partial charge in [0.15, 0.2) is 11.9 Å². The molecule has 134 valence electrons. The molecule has 1 aromatic heterocycles. The van der Waals surface area contributed by atoms with Gasteiger partial charge in [-0.3, -0.25) is 14.6 Å². The summed E-state index contributed by atoms with van der Waals surface area (Å²) in [7, 11) is 0. The zero-order chi connectivity index (χ0) is 18.1. The maximum atomic E-state index is 13.3. The van der Waals surface area contributed by atoms with Crippen LogP contribution in [0.2, 0.25) is 0 Å². The number of hydrogen-bond donors (Lipinski definition) is 2. The van der Waals surface area contributed by atoms with Gasteiger partial charge in [0.25, 0.3) is 11.8 Å². The number of hydrogen-bond acceptors (Lipinski definition) is 5. The lowest BCUT2D eigenvalue weighted by atomic mass is 10.0. The predicted molar refractivity (Wildman–Crippen MR) is 96.0 cm³/mol. The highest BCUT2D eigenvalue weighted by Gasteiger charge is 2.33. The average molecular weight is 352 g/mol. The Morgan fingerprint density at radius 1 is 1.31 bits per heavy atom. The van der Waals surface area contributed by atoms with E-state index in [4.69, 9.17) is 4.74 Å². The number of para-hydroxylation sites is 1. The van der Waals surface area contributed by atoms with Crippen LogP contribution >= 0.6 is 0 Å². The van der Waals surface area contributed by atoms with Crippen LogP contribution < -0.4 is 15.4 Å². The quantitative estimate of drug-likeness (QED) is 0.858. The standard InChI is InChI=1S/C19H20N4O3/c1-12-18(24)22-15-6-2-5-14(17(15)26-12)19(25)23-9-8-21-11-16(23)13-4-3-7-20-10-13/h2-7,10,12,16,21H,8-9,11H2,1H3,(H,22,24). The molecule has 0 radical (unpaired) electrons. The van der Waals surface area contributed by atoms with Gasteiger partial charge in [0.05, 0.1) is 17.3 Å². The topological polar surface area (TPSA) is 83.6 Å². The number of fused-ring (bicyclic) bond motifs is 1. The number of anilines is 1. The third-order valence-electron chi connectivity index (χ3n) is 4.74. The summed E-state index contributed by atoms with van der Waals surface area (Å²) in [5.41, 5.74) is 1.98. The number of amides is 2. The fraction of sp³-hybridized carbons (Fsp3) is 0.316. The van der Waals surface area contributed by atoms with Crippen LogP contribution in [0.15, 0.2) is 42.7 Å². The Morgan fingerprint density at radius 2 is 2.19 bits per heavy atom. The van der Waals surface area contributed by atoms with Crippen molar-refractivity contribution in [1.82, 2.24) is 15.2 Å². The fourth-order valence-electron chi connectivity index (χ4n) is 3.37. The first-order chi connectivity index (χ1) is 12.6. The minimum atomic E-state index is -0.631. The van der Waals surface area contributed by atoms with E-state index < -0.39 is 6.10 Å². The summed E-state index contributed by atoms with van der Waals surface area (Å²) in [6.45, 7) is 3.65. The van der Waals surface area contributed by atoms with Crippen LogP contribution in [0.1, 0.15) is 28.9 Å². The minimum Gasteiger partial charge on any atom is -0.478 e. The lowest BCUT2D eigenvalue weighted by molar-refractivity contribution is -0.122. The molecule has 26 heavy (non-hydrogen) atoms. The number of rotatable bonds is 2. The van der Waals surface area contributed by atoms with Gasteiger partial charge in [0.1, 0.15) is 0 Å². The van der Waals surface area contributed by atoms with E-state index in [1.54, 1.807) is 37.5 Å². The molecule has 2 aromatic rings. The van der Waals surface area contributed by atoms with Crippen molar-refractivity contribution in [3.8, 4) is 5.75 Å². The average Bonchev–Trinajstić information content (AvgIpc) is 2.68. The second kappa shape index (κ2) is 6.76. The summed E-state index contributed by atoms with van der Waals surface area (Å²) in [4.78, 5) is 31.2. The Balaban J connectivity index is 1.69. The van der Waals surface area contributed by atoms with Crippen molar-refractivity contribution in [3.05, 3.63) is 53.9 Å². The van der Waals surface area contributed by atoms with Gasteiger partial charge in [-0.1, -0.05) is 12.1 Å². The Hall–Kier alpha value is -2.93. The van der Waals surface area contributed by atoms with Gasteiger partial charge < -0.3 is 20.3 Å². The Labute approximate surface area is 151 Å². The van der Waals surface area contributed by atoms with E-state index in [9.17, 15) is 9.59 Å². The first-order valence-electron chi connectivity index (χ1n) is 8.67. The normalized spacial score (nSPS) is 22.2. The number of aromatic nitrogens is 1. The van der Waals surface area contributed by atoms with Crippen molar-refractivity contribution >= 4 is 17.5 Å². The predicted octanol–water partition coefficient (Wildman–Crippen LogP) is 1.59. The van der Waals surface area contributed by atoms with Crippen LogP contribution in [-0.4, -0.2) is 47.4 Å². The number of carbonyl (C=O) groups excluding carboxylic acids is 2. The summed E-state index contributed by atoms with van der Waals surface area (Å²) in [5, 5.41) is 6.13. The third kappa shape index (κ3) is 2.90. The number of piperazine rings is 1. The Kier molecular flexibility index (Phi) is 4.30. The van der Waals surface area contributed by atoms with E-state index in [0.29, 0.717) is 30.1 Å². The number of ether oxygens (including phenoxy) is 1. The maximum Gasteiger partial charge on any atom is 0.265 e. The van der Waals surface area contributed by atoms with Gasteiger partial charge in [-0.25, -0.2) is 0 Å².